The number of fused-ring (bicyclic) bond motifs is 1. The molecule has 1 aliphatic rings. The smallest absolute Gasteiger partial charge is 0.320 e. The summed E-state index contributed by atoms with van der Waals surface area (Å²) in [6.45, 7) is 2.38. The first-order chi connectivity index (χ1) is 14.2. The van der Waals surface area contributed by atoms with Gasteiger partial charge >= 0.3 is 6.03 Å². The minimum atomic E-state index is -0.305. The van der Waals surface area contributed by atoms with Crippen molar-refractivity contribution in [2.45, 2.75) is 26.2 Å². The summed E-state index contributed by atoms with van der Waals surface area (Å²) < 4.78 is 0. The first kappa shape index (κ1) is 18.7. The predicted octanol–water partition coefficient (Wildman–Crippen LogP) is 4.48. The van der Waals surface area contributed by atoms with Crippen LogP contribution < -0.4 is 16.0 Å². The topological polar surface area (TPSA) is 98.9 Å². The van der Waals surface area contributed by atoms with Gasteiger partial charge in [-0.05, 0) is 44.0 Å². The number of para-hydroxylation sites is 1. The number of nitrogens with one attached hydrogen (secondary N) is 4. The molecule has 148 valence electrons. The molecule has 0 unspecified atom stereocenters. The van der Waals surface area contributed by atoms with Crippen LogP contribution in [0, 0.1) is 0 Å². The molecular weight excluding hydrogens is 366 g/mol. The molecule has 4 N–H and O–H groups in total. The maximum absolute atomic E-state index is 12.7. The lowest BCUT2D eigenvalue weighted by Crippen LogP contribution is -2.28. The van der Waals surface area contributed by atoms with E-state index in [1.807, 2.05) is 43.3 Å². The molecule has 0 saturated carbocycles. The van der Waals surface area contributed by atoms with Crippen LogP contribution in [0.2, 0.25) is 0 Å². The van der Waals surface area contributed by atoms with Crippen LogP contribution in [0.25, 0.3) is 11.3 Å². The van der Waals surface area contributed by atoms with Crippen LogP contribution in [0.15, 0.2) is 48.7 Å². The number of aromatic nitrogens is 2. The van der Waals surface area contributed by atoms with Gasteiger partial charge in [0.1, 0.15) is 5.82 Å². The summed E-state index contributed by atoms with van der Waals surface area (Å²) in [6.07, 6.45) is 3.87. The van der Waals surface area contributed by atoms with Crippen molar-refractivity contribution in [1.29, 1.82) is 0 Å². The average Bonchev–Trinajstić information content (AvgIpc) is 3.09. The van der Waals surface area contributed by atoms with Gasteiger partial charge in [-0.15, -0.1) is 0 Å². The molecule has 0 radical (unpaired) electrons. The third kappa shape index (κ3) is 3.99. The molecule has 0 fully saturated rings. The lowest BCUT2D eigenvalue weighted by molar-refractivity contribution is 0.0973. The van der Waals surface area contributed by atoms with Crippen LogP contribution >= 0.6 is 0 Å². The molecule has 7 heteroatoms. The van der Waals surface area contributed by atoms with Crippen LogP contribution in [0.1, 0.15) is 35.8 Å². The highest BCUT2D eigenvalue weighted by Crippen LogP contribution is 2.39. The highest BCUT2D eigenvalue weighted by atomic mass is 16.2. The molecule has 4 rings (SSSR count). The predicted molar refractivity (Wildman–Crippen MR) is 114 cm³/mol. The van der Waals surface area contributed by atoms with Gasteiger partial charge in [0.2, 0.25) is 0 Å². The Kier molecular flexibility index (Phi) is 5.29. The number of carbonyl (C=O) groups is 2. The number of urea groups is 1. The largest absolute Gasteiger partial charge is 0.356 e. The molecule has 7 nitrogen and oxygen atoms in total. The summed E-state index contributed by atoms with van der Waals surface area (Å²) in [5.41, 5.74) is 5.01. The lowest BCUT2D eigenvalue weighted by Gasteiger charge is -2.14. The summed E-state index contributed by atoms with van der Waals surface area (Å²) in [6, 6.07) is 13.1. The second kappa shape index (κ2) is 8.18. The van der Waals surface area contributed by atoms with Crippen molar-refractivity contribution in [3.63, 3.8) is 0 Å². The van der Waals surface area contributed by atoms with E-state index in [-0.39, 0.29) is 11.8 Å². The van der Waals surface area contributed by atoms with Gasteiger partial charge in [0, 0.05) is 36.1 Å². The Morgan fingerprint density at radius 3 is 2.79 bits per heavy atom. The Morgan fingerprint density at radius 1 is 1.17 bits per heavy atom. The Bertz CT molecular complexity index is 1040. The summed E-state index contributed by atoms with van der Waals surface area (Å²) in [4.78, 5) is 32.2. The number of carbonyl (C=O) groups excluding carboxylic acids is 2. The van der Waals surface area contributed by atoms with Gasteiger partial charge in [0.05, 0.1) is 16.9 Å². The average molecular weight is 389 g/mol. The summed E-state index contributed by atoms with van der Waals surface area (Å²) in [5, 5.41) is 8.84. The van der Waals surface area contributed by atoms with Crippen molar-refractivity contribution in [1.82, 2.24) is 15.3 Å². The minimum Gasteiger partial charge on any atom is -0.356 e. The third-order valence-corrected chi connectivity index (χ3v) is 4.86. The second-order valence-electron chi connectivity index (χ2n) is 6.91. The first-order valence-electron chi connectivity index (χ1n) is 9.77. The monoisotopic (exact) mass is 389 g/mol. The number of benzene rings is 1. The molecule has 1 aromatic carbocycles. The molecule has 0 atom stereocenters. The van der Waals surface area contributed by atoms with E-state index in [0.717, 1.165) is 46.7 Å². The van der Waals surface area contributed by atoms with Crippen molar-refractivity contribution in [2.75, 3.05) is 17.2 Å². The van der Waals surface area contributed by atoms with E-state index < -0.39 is 0 Å². The van der Waals surface area contributed by atoms with Crippen LogP contribution in [0.5, 0.6) is 0 Å². The molecule has 0 bridgehead atoms. The minimum absolute atomic E-state index is 0.141. The fourth-order valence-electron chi connectivity index (χ4n) is 3.58. The Balaban J connectivity index is 1.75. The summed E-state index contributed by atoms with van der Waals surface area (Å²) >= 11 is 0. The van der Waals surface area contributed by atoms with E-state index in [0.29, 0.717) is 18.8 Å². The normalized spacial score (nSPS) is 12.9. The van der Waals surface area contributed by atoms with Crippen molar-refractivity contribution >= 4 is 29.0 Å². The van der Waals surface area contributed by atoms with E-state index in [4.69, 9.17) is 0 Å². The van der Waals surface area contributed by atoms with Gasteiger partial charge in [0.15, 0.2) is 5.78 Å². The number of amides is 2. The zero-order chi connectivity index (χ0) is 20.2. The Morgan fingerprint density at radius 2 is 2.00 bits per heavy atom. The summed E-state index contributed by atoms with van der Waals surface area (Å²) in [7, 11) is 0. The number of ketones is 1. The molecule has 0 saturated heterocycles. The van der Waals surface area contributed by atoms with Crippen molar-refractivity contribution in [3.05, 3.63) is 59.9 Å². The standard InChI is InChI=1S/C22H23N5O2/c1-2-23-22(29)27-18-13-14(11-12-24-18)20-21(25-15-7-4-3-5-8-15)19-16(26-20)9-6-10-17(19)28/h3-5,7-8,11-13,25-26H,2,6,9-10H2,1H3,(H2,23,24,27,29). The molecule has 29 heavy (non-hydrogen) atoms. The number of Topliss-reactive ketones (excluding diaryl/α,β-unsaturated/α-hetero) is 1. The molecule has 2 amide bonds. The number of rotatable bonds is 5. The van der Waals surface area contributed by atoms with E-state index in [1.54, 1.807) is 12.3 Å². The maximum atomic E-state index is 12.7. The fourth-order valence-corrected chi connectivity index (χ4v) is 3.58. The molecule has 0 spiro atoms. The number of aryl methyl sites for hydroxylation is 1. The number of pyridine rings is 1. The molecular formula is C22H23N5O2. The number of H-pyrrole nitrogens is 1. The highest BCUT2D eigenvalue weighted by molar-refractivity contribution is 6.07. The molecule has 1 aliphatic carbocycles. The molecule has 3 aromatic rings. The molecule has 2 heterocycles. The van der Waals surface area contributed by atoms with Crippen LogP contribution in [-0.4, -0.2) is 28.3 Å². The van der Waals surface area contributed by atoms with Gasteiger partial charge in [-0.25, -0.2) is 9.78 Å². The zero-order valence-electron chi connectivity index (χ0n) is 16.2. The Hall–Kier alpha value is -3.61. The SMILES string of the molecule is CCNC(=O)Nc1cc(-c2[nH]c3c(c2Nc2ccccc2)C(=O)CCC3)ccn1. The van der Waals surface area contributed by atoms with Crippen molar-refractivity contribution in [3.8, 4) is 11.3 Å². The van der Waals surface area contributed by atoms with E-state index in [2.05, 4.69) is 25.9 Å². The van der Waals surface area contributed by atoms with Gasteiger partial charge in [0.25, 0.3) is 0 Å². The van der Waals surface area contributed by atoms with E-state index in [1.165, 1.54) is 0 Å². The number of anilines is 3. The second-order valence-corrected chi connectivity index (χ2v) is 6.91. The number of aromatic amines is 1. The number of hydrogen-bond donors (Lipinski definition) is 4. The fraction of sp³-hybridized carbons (Fsp3) is 0.227. The number of nitrogens with zero attached hydrogens (tertiary/aromatic N) is 1. The van der Waals surface area contributed by atoms with Crippen LogP contribution in [0.4, 0.5) is 22.0 Å². The van der Waals surface area contributed by atoms with Crippen molar-refractivity contribution in [2.24, 2.45) is 0 Å². The van der Waals surface area contributed by atoms with Crippen molar-refractivity contribution < 1.29 is 9.59 Å². The van der Waals surface area contributed by atoms with Crippen LogP contribution in [-0.2, 0) is 6.42 Å². The quantitative estimate of drug-likeness (QED) is 0.517. The summed E-state index contributed by atoms with van der Waals surface area (Å²) in [5.74, 6) is 0.583. The molecule has 2 aromatic heterocycles. The van der Waals surface area contributed by atoms with Gasteiger partial charge in [-0.3, -0.25) is 10.1 Å². The third-order valence-electron chi connectivity index (χ3n) is 4.86. The number of hydrogen-bond acceptors (Lipinski definition) is 4. The van der Waals surface area contributed by atoms with E-state index >= 15 is 0 Å². The maximum Gasteiger partial charge on any atom is 0.320 e. The van der Waals surface area contributed by atoms with Gasteiger partial charge in [-0.1, -0.05) is 18.2 Å². The zero-order valence-corrected chi connectivity index (χ0v) is 16.2. The highest BCUT2D eigenvalue weighted by Gasteiger charge is 2.27. The molecule has 0 aliphatic heterocycles. The first-order valence-corrected chi connectivity index (χ1v) is 9.77. The van der Waals surface area contributed by atoms with Gasteiger partial charge < -0.3 is 15.6 Å². The van der Waals surface area contributed by atoms with Crippen LogP contribution in [0.3, 0.4) is 0 Å². The Labute approximate surface area is 168 Å². The van der Waals surface area contributed by atoms with E-state index in [9.17, 15) is 9.59 Å². The lowest BCUT2D eigenvalue weighted by atomic mass is 9.95. The van der Waals surface area contributed by atoms with Gasteiger partial charge in [-0.2, -0.15) is 0 Å².